The number of aromatic nitrogens is 3. The van der Waals surface area contributed by atoms with Crippen LogP contribution in [-0.4, -0.2) is 39.5 Å². The molecule has 5 rings (SSSR count). The minimum absolute atomic E-state index is 0.161. The lowest BCUT2D eigenvalue weighted by molar-refractivity contribution is -0.113. The Bertz CT molecular complexity index is 1340. The topological polar surface area (TPSA) is 86.1 Å². The first kappa shape index (κ1) is 26.2. The minimum atomic E-state index is -0.390. The molecule has 0 saturated carbocycles. The molecule has 0 radical (unpaired) electrons. The Morgan fingerprint density at radius 1 is 1.19 bits per heavy atom. The molecule has 0 spiro atoms. The van der Waals surface area contributed by atoms with Gasteiger partial charge in [0.15, 0.2) is 11.0 Å². The second-order valence-electron chi connectivity index (χ2n) is 9.99. The van der Waals surface area contributed by atoms with Gasteiger partial charge < -0.3 is 10.1 Å². The number of methoxy groups -OCH3 is 1. The van der Waals surface area contributed by atoms with Crippen molar-refractivity contribution < 1.29 is 14.3 Å². The van der Waals surface area contributed by atoms with Gasteiger partial charge in [0.1, 0.15) is 5.00 Å². The maximum Gasteiger partial charge on any atom is 0.341 e. The molecule has 2 aliphatic carbocycles. The van der Waals surface area contributed by atoms with Crippen molar-refractivity contribution >= 4 is 51.3 Å². The lowest BCUT2D eigenvalue weighted by Crippen LogP contribution is -2.17. The molecule has 0 bridgehead atoms. The molecule has 10 heteroatoms. The summed E-state index contributed by atoms with van der Waals surface area (Å²) in [5, 5.41) is 15.4. The number of fused-ring (bicyclic) bond motifs is 2. The number of hydrogen-bond donors (Lipinski definition) is 1. The molecule has 3 heterocycles. The molecule has 196 valence electrons. The molecule has 0 aromatic carbocycles. The number of ether oxygens (including phenoxy) is 1. The molecule has 3 aromatic heterocycles. The molecule has 0 fully saturated rings. The zero-order valence-electron chi connectivity index (χ0n) is 21.5. The Morgan fingerprint density at radius 3 is 2.65 bits per heavy atom. The molecule has 37 heavy (non-hydrogen) atoms. The van der Waals surface area contributed by atoms with Gasteiger partial charge >= 0.3 is 5.97 Å². The van der Waals surface area contributed by atoms with Crippen molar-refractivity contribution in [3.63, 3.8) is 0 Å². The van der Waals surface area contributed by atoms with Gasteiger partial charge in [-0.3, -0.25) is 9.36 Å². The van der Waals surface area contributed by atoms with Crippen molar-refractivity contribution in [2.45, 2.75) is 64.1 Å². The van der Waals surface area contributed by atoms with Gasteiger partial charge in [-0.05, 0) is 61.5 Å². The van der Waals surface area contributed by atoms with Gasteiger partial charge in [0.2, 0.25) is 5.91 Å². The lowest BCUT2D eigenvalue weighted by atomic mass is 9.88. The highest BCUT2D eigenvalue weighted by Crippen LogP contribution is 2.41. The number of rotatable bonds is 8. The number of hydrogen-bond acceptors (Lipinski definition) is 8. The van der Waals surface area contributed by atoms with E-state index in [1.54, 1.807) is 0 Å². The van der Waals surface area contributed by atoms with Gasteiger partial charge in [-0.1, -0.05) is 31.7 Å². The van der Waals surface area contributed by atoms with E-state index in [1.165, 1.54) is 51.9 Å². The summed E-state index contributed by atoms with van der Waals surface area (Å²) in [7, 11) is 1.38. The Morgan fingerprint density at radius 2 is 1.92 bits per heavy atom. The number of nitrogens with one attached hydrogen (secondary N) is 1. The largest absolute Gasteiger partial charge is 0.465 e. The summed E-state index contributed by atoms with van der Waals surface area (Å²) in [4.78, 5) is 28.2. The zero-order valence-corrected chi connectivity index (χ0v) is 23.9. The number of allylic oxidation sites excluding steroid dienone is 1. The summed E-state index contributed by atoms with van der Waals surface area (Å²) in [6.45, 7) is 9.00. The van der Waals surface area contributed by atoms with Crippen molar-refractivity contribution in [3.8, 4) is 11.4 Å². The highest BCUT2D eigenvalue weighted by molar-refractivity contribution is 7.99. The van der Waals surface area contributed by atoms with Crippen LogP contribution >= 0.6 is 34.4 Å². The molecule has 1 amide bonds. The van der Waals surface area contributed by atoms with Crippen molar-refractivity contribution in [2.75, 3.05) is 18.2 Å². The van der Waals surface area contributed by atoms with Gasteiger partial charge in [-0.25, -0.2) is 4.79 Å². The van der Waals surface area contributed by atoms with E-state index in [9.17, 15) is 9.59 Å². The van der Waals surface area contributed by atoms with E-state index >= 15 is 0 Å². The quantitative estimate of drug-likeness (QED) is 0.207. The van der Waals surface area contributed by atoms with Gasteiger partial charge in [0.25, 0.3) is 0 Å². The van der Waals surface area contributed by atoms with Crippen molar-refractivity contribution in [3.05, 3.63) is 44.5 Å². The fourth-order valence-corrected chi connectivity index (χ4v) is 8.61. The van der Waals surface area contributed by atoms with Gasteiger partial charge in [-0.2, -0.15) is 0 Å². The predicted molar refractivity (Wildman–Crippen MR) is 151 cm³/mol. The summed E-state index contributed by atoms with van der Waals surface area (Å²) in [6, 6.07) is 0. The normalized spacial score (nSPS) is 18.7. The van der Waals surface area contributed by atoms with Gasteiger partial charge in [0, 0.05) is 27.2 Å². The number of nitrogens with zero attached hydrogens (tertiary/aromatic N) is 3. The highest BCUT2D eigenvalue weighted by Gasteiger charge is 2.29. The van der Waals surface area contributed by atoms with Crippen LogP contribution in [-0.2, 0) is 41.8 Å². The lowest BCUT2D eigenvalue weighted by Gasteiger charge is -2.19. The molecule has 3 aromatic rings. The monoisotopic (exact) mass is 556 g/mol. The molecule has 1 N–H and O–H groups in total. The third-order valence-electron chi connectivity index (χ3n) is 7.16. The van der Waals surface area contributed by atoms with E-state index in [0.717, 1.165) is 49.1 Å². The second-order valence-corrected chi connectivity index (χ2v) is 13.0. The number of thiophene rings is 2. The van der Waals surface area contributed by atoms with Crippen molar-refractivity contribution in [2.24, 2.45) is 11.8 Å². The maximum absolute atomic E-state index is 13.0. The first-order valence-corrected chi connectivity index (χ1v) is 15.4. The number of amides is 1. The fraction of sp³-hybridized carbons (Fsp3) is 0.481. The van der Waals surface area contributed by atoms with Gasteiger partial charge in [0.05, 0.1) is 18.4 Å². The standard InChI is InChI=1S/C27H32N4O3S3/c1-5-10-31-24(19-13-35-20-11-15(2)6-8-17(19)20)29-30-27(31)36-14-22(32)28-25-23(26(33)34-4)18-9-7-16(3)12-21(18)37-25/h5,13,15-16H,1,6-12,14H2,2-4H3,(H,28,32). The molecular weight excluding hydrogens is 525 g/mol. The second kappa shape index (κ2) is 11.1. The average molecular weight is 557 g/mol. The Hall–Kier alpha value is -2.43. The highest BCUT2D eigenvalue weighted by atomic mass is 32.2. The minimum Gasteiger partial charge on any atom is -0.465 e. The SMILES string of the molecule is C=CCn1c(SCC(=O)Nc2sc3c(c2C(=O)OC)CCC(C)C3)nnc1-c1csc2c1CCC(C)C2. The van der Waals surface area contributed by atoms with E-state index in [4.69, 9.17) is 4.74 Å². The van der Waals surface area contributed by atoms with E-state index < -0.39 is 0 Å². The van der Waals surface area contributed by atoms with Crippen LogP contribution in [0.2, 0.25) is 0 Å². The summed E-state index contributed by atoms with van der Waals surface area (Å²) >= 11 is 4.65. The fourth-order valence-electron chi connectivity index (χ4n) is 5.20. The van der Waals surface area contributed by atoms with Crippen molar-refractivity contribution in [1.29, 1.82) is 0 Å². The average Bonchev–Trinajstić information content (AvgIpc) is 3.56. The van der Waals surface area contributed by atoms with E-state index in [-0.39, 0.29) is 17.6 Å². The first-order valence-electron chi connectivity index (χ1n) is 12.7. The summed E-state index contributed by atoms with van der Waals surface area (Å²) in [5.41, 5.74) is 4.09. The van der Waals surface area contributed by atoms with Crippen LogP contribution in [0.5, 0.6) is 0 Å². The van der Waals surface area contributed by atoms with E-state index in [2.05, 4.69) is 41.3 Å². The zero-order chi connectivity index (χ0) is 26.1. The Balaban J connectivity index is 1.33. The predicted octanol–water partition coefficient (Wildman–Crippen LogP) is 6.02. The Kier molecular flexibility index (Phi) is 7.88. The van der Waals surface area contributed by atoms with Crippen LogP contribution in [0.1, 0.15) is 57.9 Å². The molecule has 7 nitrogen and oxygen atoms in total. The van der Waals surface area contributed by atoms with Crippen LogP contribution in [0.4, 0.5) is 5.00 Å². The van der Waals surface area contributed by atoms with E-state index in [0.29, 0.717) is 34.1 Å². The summed E-state index contributed by atoms with van der Waals surface area (Å²) in [6.07, 6.45) is 7.99. The third-order valence-corrected chi connectivity index (χ3v) is 10.3. The van der Waals surface area contributed by atoms with Crippen LogP contribution in [0.3, 0.4) is 0 Å². The Labute approximate surface area is 229 Å². The molecule has 2 atom stereocenters. The van der Waals surface area contributed by atoms with Crippen molar-refractivity contribution in [1.82, 2.24) is 14.8 Å². The first-order chi connectivity index (χ1) is 17.9. The number of carbonyl (C=O) groups excluding carboxylic acids is 2. The van der Waals surface area contributed by atoms with Gasteiger partial charge in [-0.15, -0.1) is 39.4 Å². The molecule has 2 aliphatic rings. The van der Waals surface area contributed by atoms with Crippen LogP contribution in [0, 0.1) is 11.8 Å². The number of carbonyl (C=O) groups is 2. The molecule has 0 aliphatic heterocycles. The molecule has 2 unspecified atom stereocenters. The maximum atomic E-state index is 13.0. The number of anilines is 1. The third kappa shape index (κ3) is 5.28. The molecular formula is C27H32N4O3S3. The van der Waals surface area contributed by atoms with Crippen LogP contribution in [0.15, 0.2) is 23.2 Å². The van der Waals surface area contributed by atoms with Crippen LogP contribution < -0.4 is 5.32 Å². The number of thioether (sulfide) groups is 1. The summed E-state index contributed by atoms with van der Waals surface area (Å²) in [5.74, 6) is 1.71. The van der Waals surface area contributed by atoms with E-state index in [1.807, 2.05) is 22.0 Å². The number of esters is 1. The molecule has 0 saturated heterocycles. The summed E-state index contributed by atoms with van der Waals surface area (Å²) < 4.78 is 7.08. The smallest absolute Gasteiger partial charge is 0.341 e. The van der Waals surface area contributed by atoms with Crippen LogP contribution in [0.25, 0.3) is 11.4 Å².